The highest BCUT2D eigenvalue weighted by Gasteiger charge is 2.30. The average Bonchev–Trinajstić information content (AvgIpc) is 2.09. The molecule has 0 bridgehead atoms. The molecule has 2 atom stereocenters. The molecule has 0 saturated carbocycles. The van der Waals surface area contributed by atoms with Gasteiger partial charge >= 0.3 is 0 Å². The van der Waals surface area contributed by atoms with Gasteiger partial charge in [-0.3, -0.25) is 5.01 Å². The minimum absolute atomic E-state index is 0.230. The van der Waals surface area contributed by atoms with Crippen molar-refractivity contribution in [3.8, 4) is 0 Å². The molecule has 0 saturated heterocycles. The molecule has 0 fully saturated rings. The monoisotopic (exact) mass is 160 g/mol. The maximum absolute atomic E-state index is 10.4. The standard InChI is InChI=1S/C6H9ClN2O/c1-4-5(3-10)6(7)9(2)8-4/h3,5-6H,1-2H3. The number of aldehydes is 1. The van der Waals surface area contributed by atoms with Gasteiger partial charge in [0, 0.05) is 12.8 Å². The maximum atomic E-state index is 10.4. The van der Waals surface area contributed by atoms with E-state index < -0.39 is 0 Å². The van der Waals surface area contributed by atoms with Crippen molar-refractivity contribution in [1.82, 2.24) is 5.01 Å². The highest BCUT2D eigenvalue weighted by molar-refractivity contribution is 6.24. The largest absolute Gasteiger partial charge is 0.303 e. The molecule has 56 valence electrons. The Morgan fingerprint density at radius 3 is 2.60 bits per heavy atom. The van der Waals surface area contributed by atoms with Crippen LogP contribution in [0.15, 0.2) is 5.10 Å². The first kappa shape index (κ1) is 7.54. The second kappa shape index (κ2) is 2.58. The fraction of sp³-hybridized carbons (Fsp3) is 0.667. The zero-order valence-electron chi connectivity index (χ0n) is 5.91. The van der Waals surface area contributed by atoms with E-state index >= 15 is 0 Å². The van der Waals surface area contributed by atoms with Gasteiger partial charge in [0.2, 0.25) is 0 Å². The minimum Gasteiger partial charge on any atom is -0.303 e. The van der Waals surface area contributed by atoms with Gasteiger partial charge in [0.05, 0.1) is 5.92 Å². The summed E-state index contributed by atoms with van der Waals surface area (Å²) in [4.78, 5) is 10.4. The Morgan fingerprint density at radius 1 is 1.80 bits per heavy atom. The highest BCUT2D eigenvalue weighted by Crippen LogP contribution is 2.21. The van der Waals surface area contributed by atoms with Crippen LogP contribution < -0.4 is 0 Å². The molecule has 10 heavy (non-hydrogen) atoms. The maximum Gasteiger partial charge on any atom is 0.135 e. The summed E-state index contributed by atoms with van der Waals surface area (Å²) in [6, 6.07) is 0. The van der Waals surface area contributed by atoms with E-state index in [2.05, 4.69) is 5.10 Å². The van der Waals surface area contributed by atoms with Gasteiger partial charge in [-0.2, -0.15) is 5.10 Å². The molecule has 1 rings (SSSR count). The fourth-order valence-corrected chi connectivity index (χ4v) is 1.25. The Morgan fingerprint density at radius 2 is 2.40 bits per heavy atom. The van der Waals surface area contributed by atoms with E-state index in [1.807, 2.05) is 0 Å². The van der Waals surface area contributed by atoms with Gasteiger partial charge in [-0.25, -0.2) is 0 Å². The second-order valence-corrected chi connectivity index (χ2v) is 2.80. The summed E-state index contributed by atoms with van der Waals surface area (Å²) < 4.78 is 0. The van der Waals surface area contributed by atoms with E-state index in [1.165, 1.54) is 0 Å². The molecule has 0 amide bonds. The number of halogens is 1. The zero-order valence-corrected chi connectivity index (χ0v) is 6.67. The van der Waals surface area contributed by atoms with Crippen LogP contribution in [0.1, 0.15) is 6.92 Å². The van der Waals surface area contributed by atoms with E-state index in [0.29, 0.717) is 0 Å². The number of nitrogens with zero attached hydrogens (tertiary/aromatic N) is 2. The topological polar surface area (TPSA) is 32.7 Å². The zero-order chi connectivity index (χ0) is 7.72. The lowest BCUT2D eigenvalue weighted by Crippen LogP contribution is -2.25. The first-order valence-electron chi connectivity index (χ1n) is 3.04. The van der Waals surface area contributed by atoms with E-state index in [0.717, 1.165) is 12.0 Å². The van der Waals surface area contributed by atoms with Crippen LogP contribution >= 0.6 is 11.6 Å². The Labute approximate surface area is 64.6 Å². The minimum atomic E-state index is -0.294. The van der Waals surface area contributed by atoms with E-state index in [4.69, 9.17) is 11.6 Å². The second-order valence-electron chi connectivity index (χ2n) is 2.35. The number of hydrogen-bond donors (Lipinski definition) is 0. The lowest BCUT2D eigenvalue weighted by Gasteiger charge is -2.13. The van der Waals surface area contributed by atoms with Crippen LogP contribution in [0.25, 0.3) is 0 Å². The molecular weight excluding hydrogens is 152 g/mol. The van der Waals surface area contributed by atoms with Crippen molar-refractivity contribution < 1.29 is 4.79 Å². The smallest absolute Gasteiger partial charge is 0.135 e. The van der Waals surface area contributed by atoms with Crippen molar-refractivity contribution in [3.05, 3.63) is 0 Å². The first-order chi connectivity index (χ1) is 4.66. The lowest BCUT2D eigenvalue weighted by molar-refractivity contribution is -0.109. The number of hydrazone groups is 1. The van der Waals surface area contributed by atoms with Crippen molar-refractivity contribution in [3.63, 3.8) is 0 Å². The summed E-state index contributed by atoms with van der Waals surface area (Å²) in [5.74, 6) is -0.230. The number of hydrogen-bond acceptors (Lipinski definition) is 3. The van der Waals surface area contributed by atoms with Gasteiger partial charge in [0.1, 0.15) is 11.8 Å². The van der Waals surface area contributed by atoms with E-state index in [-0.39, 0.29) is 11.4 Å². The molecule has 1 aliphatic heterocycles. The summed E-state index contributed by atoms with van der Waals surface area (Å²) in [7, 11) is 1.75. The molecule has 4 heteroatoms. The summed E-state index contributed by atoms with van der Waals surface area (Å²) in [5, 5.41) is 5.60. The van der Waals surface area contributed by atoms with Crippen molar-refractivity contribution in [2.75, 3.05) is 7.05 Å². The van der Waals surface area contributed by atoms with Crippen LogP contribution in [0.3, 0.4) is 0 Å². The number of carbonyl (C=O) groups is 1. The predicted octanol–water partition coefficient (Wildman–Crippen LogP) is 0.688. The Kier molecular flexibility index (Phi) is 1.94. The molecule has 0 aromatic rings. The normalized spacial score (nSPS) is 32.3. The molecule has 0 N–H and O–H groups in total. The molecule has 1 aliphatic rings. The molecular formula is C6H9ClN2O. The van der Waals surface area contributed by atoms with E-state index in [9.17, 15) is 4.79 Å². The quantitative estimate of drug-likeness (QED) is 0.321. The molecule has 0 spiro atoms. The van der Waals surface area contributed by atoms with Gasteiger partial charge in [-0.05, 0) is 6.92 Å². The molecule has 0 aromatic carbocycles. The Balaban J connectivity index is 2.77. The summed E-state index contributed by atoms with van der Waals surface area (Å²) in [6.45, 7) is 1.80. The summed E-state index contributed by atoms with van der Waals surface area (Å²) in [5.41, 5.74) is 0.495. The third-order valence-corrected chi connectivity index (χ3v) is 2.15. The number of rotatable bonds is 1. The molecule has 3 nitrogen and oxygen atoms in total. The SMILES string of the molecule is CC1=NN(C)C(Cl)C1C=O. The van der Waals surface area contributed by atoms with E-state index in [1.54, 1.807) is 19.0 Å². The van der Waals surface area contributed by atoms with Crippen LogP contribution in [0.5, 0.6) is 0 Å². The van der Waals surface area contributed by atoms with Crippen molar-refractivity contribution in [2.45, 2.75) is 12.4 Å². The average molecular weight is 161 g/mol. The van der Waals surface area contributed by atoms with Crippen LogP contribution in [-0.4, -0.2) is 29.6 Å². The van der Waals surface area contributed by atoms with Gasteiger partial charge < -0.3 is 4.79 Å². The van der Waals surface area contributed by atoms with Crippen LogP contribution in [0, 0.1) is 5.92 Å². The van der Waals surface area contributed by atoms with Gasteiger partial charge in [-0.15, -0.1) is 0 Å². The molecule has 2 unspecified atom stereocenters. The molecule has 0 aromatic heterocycles. The number of carbonyl (C=O) groups excluding carboxylic acids is 1. The van der Waals surface area contributed by atoms with Gasteiger partial charge in [0.15, 0.2) is 0 Å². The Hall–Kier alpha value is -0.570. The van der Waals surface area contributed by atoms with Crippen LogP contribution in [-0.2, 0) is 4.79 Å². The van der Waals surface area contributed by atoms with Gasteiger partial charge in [0.25, 0.3) is 0 Å². The summed E-state index contributed by atoms with van der Waals surface area (Å²) >= 11 is 5.80. The van der Waals surface area contributed by atoms with Crippen LogP contribution in [0.4, 0.5) is 0 Å². The van der Waals surface area contributed by atoms with Crippen molar-refractivity contribution in [1.29, 1.82) is 0 Å². The fourth-order valence-electron chi connectivity index (χ4n) is 0.965. The summed E-state index contributed by atoms with van der Waals surface area (Å²) in [6.07, 6.45) is 0.833. The highest BCUT2D eigenvalue weighted by atomic mass is 35.5. The predicted molar refractivity (Wildman–Crippen MR) is 40.1 cm³/mol. The first-order valence-corrected chi connectivity index (χ1v) is 3.47. The van der Waals surface area contributed by atoms with Crippen LogP contribution in [0.2, 0.25) is 0 Å². The lowest BCUT2D eigenvalue weighted by atomic mass is 10.1. The third-order valence-electron chi connectivity index (χ3n) is 1.60. The number of alkyl halides is 1. The molecule has 1 heterocycles. The van der Waals surface area contributed by atoms with Gasteiger partial charge in [-0.1, -0.05) is 11.6 Å². The third kappa shape index (κ3) is 1.01. The molecule has 0 aliphatic carbocycles. The van der Waals surface area contributed by atoms with Crippen molar-refractivity contribution >= 4 is 23.6 Å². The Bertz CT molecular complexity index is 181. The van der Waals surface area contributed by atoms with Crippen molar-refractivity contribution in [2.24, 2.45) is 11.0 Å². The molecule has 0 radical (unpaired) electrons.